The molecule has 0 spiro atoms. The number of aliphatic hydroxyl groups is 1. The monoisotopic (exact) mass is 300 g/mol. The van der Waals surface area contributed by atoms with Gasteiger partial charge in [0.05, 0.1) is 0 Å². The summed E-state index contributed by atoms with van der Waals surface area (Å²) in [5.41, 5.74) is -2.69. The van der Waals surface area contributed by atoms with Crippen molar-refractivity contribution >= 4 is 0 Å². The molecule has 107 valence electrons. The first-order valence-corrected chi connectivity index (χ1v) is 5.49. The second-order valence-corrected chi connectivity index (χ2v) is 4.96. The molecular weight excluding hydrogens is 278 g/mol. The van der Waals surface area contributed by atoms with Crippen LogP contribution >= 0.6 is 0 Å². The number of nitrogens with zero attached hydrogens (tertiary/aromatic N) is 1. The molecule has 1 radical (unpaired) electrons. The van der Waals surface area contributed by atoms with Crippen molar-refractivity contribution in [2.75, 3.05) is 0 Å². The normalized spacial score (nSPS) is 18.2. The molecule has 0 aromatic rings. The van der Waals surface area contributed by atoms with Crippen LogP contribution in [0.4, 0.5) is 13.2 Å². The summed E-state index contributed by atoms with van der Waals surface area (Å²) in [5.74, 6) is 0. The Morgan fingerprint density at radius 3 is 1.41 bits per heavy atom. The van der Waals surface area contributed by atoms with Crippen LogP contribution in [-0.2, 0) is 16.8 Å². The number of alkyl halides is 3. The van der Waals surface area contributed by atoms with Crippen molar-refractivity contribution in [3.05, 3.63) is 0 Å². The van der Waals surface area contributed by atoms with E-state index in [-0.39, 0.29) is 28.9 Å². The first-order chi connectivity index (χ1) is 6.93. The van der Waals surface area contributed by atoms with Crippen LogP contribution < -0.4 is 0 Å². The summed E-state index contributed by atoms with van der Waals surface area (Å²) in [5, 5.41) is 9.62. The van der Waals surface area contributed by atoms with Crippen LogP contribution in [0.5, 0.6) is 0 Å². The third-order valence-corrected chi connectivity index (χ3v) is 3.03. The molecule has 0 fully saturated rings. The van der Waals surface area contributed by atoms with Gasteiger partial charge in [0.25, 0.3) is 0 Å². The first kappa shape index (κ1) is 19.6. The Kier molecular flexibility index (Phi) is 7.36. The zero-order chi connectivity index (χ0) is 13.3. The summed E-state index contributed by atoms with van der Waals surface area (Å²) in [6.45, 7) is 9.53. The Hall–Kier alpha value is 0.216. The predicted molar refractivity (Wildman–Crippen MR) is 58.3 cm³/mol. The summed E-state index contributed by atoms with van der Waals surface area (Å²) < 4.78 is 38.1. The van der Waals surface area contributed by atoms with Gasteiger partial charge in [-0.25, -0.2) is 0 Å². The molecule has 2 atom stereocenters. The van der Waals surface area contributed by atoms with E-state index in [1.165, 1.54) is 6.92 Å². The van der Waals surface area contributed by atoms with E-state index in [9.17, 15) is 18.3 Å². The number of rotatable bonds is 4. The van der Waals surface area contributed by atoms with E-state index in [2.05, 4.69) is 0 Å². The van der Waals surface area contributed by atoms with Crippen molar-refractivity contribution in [3.63, 3.8) is 0 Å². The standard InChI is InChI=1S/C11H22F3NO.Co/c1-7(2)15(8(3)4)9(5)10(6,16)11(12,13)14;/h7-9,16H,1-6H3;. The number of hydrogen-bond donors (Lipinski definition) is 1. The van der Waals surface area contributed by atoms with E-state index in [0.717, 1.165) is 6.92 Å². The van der Waals surface area contributed by atoms with Crippen LogP contribution in [0.15, 0.2) is 0 Å². The van der Waals surface area contributed by atoms with Gasteiger partial charge in [0.15, 0.2) is 5.60 Å². The quantitative estimate of drug-likeness (QED) is 0.863. The number of hydrogen-bond acceptors (Lipinski definition) is 2. The van der Waals surface area contributed by atoms with Crippen molar-refractivity contribution in [1.29, 1.82) is 0 Å². The fourth-order valence-corrected chi connectivity index (χ4v) is 2.02. The molecule has 0 aromatic carbocycles. The first-order valence-electron chi connectivity index (χ1n) is 5.49. The minimum atomic E-state index is -4.62. The van der Waals surface area contributed by atoms with Gasteiger partial charge < -0.3 is 5.11 Å². The molecule has 0 saturated heterocycles. The third-order valence-electron chi connectivity index (χ3n) is 3.03. The molecule has 6 heteroatoms. The maximum atomic E-state index is 12.7. The molecule has 0 aliphatic rings. The van der Waals surface area contributed by atoms with Crippen molar-refractivity contribution in [3.8, 4) is 0 Å². The molecule has 1 N–H and O–H groups in total. The molecule has 0 amide bonds. The van der Waals surface area contributed by atoms with E-state index in [4.69, 9.17) is 0 Å². The Morgan fingerprint density at radius 2 is 1.24 bits per heavy atom. The molecular formula is C11H22CoF3NO. The molecule has 0 saturated carbocycles. The van der Waals surface area contributed by atoms with Gasteiger partial charge in [0.1, 0.15) is 0 Å². The zero-order valence-electron chi connectivity index (χ0n) is 11.1. The maximum Gasteiger partial charge on any atom is 0.418 e. The van der Waals surface area contributed by atoms with Gasteiger partial charge in [0.2, 0.25) is 0 Å². The predicted octanol–water partition coefficient (Wildman–Crippen LogP) is 2.80. The van der Waals surface area contributed by atoms with Crippen LogP contribution in [0.3, 0.4) is 0 Å². The van der Waals surface area contributed by atoms with Gasteiger partial charge in [-0.05, 0) is 41.5 Å². The molecule has 0 aliphatic heterocycles. The van der Waals surface area contributed by atoms with Crippen molar-refractivity contribution in [2.24, 2.45) is 0 Å². The van der Waals surface area contributed by atoms with Crippen molar-refractivity contribution in [1.82, 2.24) is 4.90 Å². The van der Waals surface area contributed by atoms with Gasteiger partial charge in [-0.15, -0.1) is 0 Å². The van der Waals surface area contributed by atoms with E-state index >= 15 is 0 Å². The van der Waals surface area contributed by atoms with Gasteiger partial charge in [-0.1, -0.05) is 0 Å². The molecule has 0 bridgehead atoms. The third kappa shape index (κ3) is 4.42. The van der Waals surface area contributed by atoms with E-state index in [1.54, 1.807) is 4.90 Å². The number of halogens is 3. The van der Waals surface area contributed by atoms with E-state index in [1.807, 2.05) is 27.7 Å². The molecule has 0 aromatic heterocycles. The maximum absolute atomic E-state index is 12.7. The van der Waals surface area contributed by atoms with Crippen molar-refractivity contribution < 1.29 is 35.1 Å². The summed E-state index contributed by atoms with van der Waals surface area (Å²) in [6.07, 6.45) is -4.62. The van der Waals surface area contributed by atoms with Crippen LogP contribution in [0.2, 0.25) is 0 Å². The average molecular weight is 300 g/mol. The van der Waals surface area contributed by atoms with Gasteiger partial charge in [-0.3, -0.25) is 4.90 Å². The van der Waals surface area contributed by atoms with Crippen LogP contribution in [0, 0.1) is 0 Å². The Balaban J connectivity index is 0. The Labute approximate surface area is 112 Å². The minimum Gasteiger partial charge on any atom is -0.379 e. The molecule has 2 unspecified atom stereocenters. The zero-order valence-corrected chi connectivity index (χ0v) is 12.1. The average Bonchev–Trinajstić information content (AvgIpc) is 1.99. The Morgan fingerprint density at radius 1 is 0.941 bits per heavy atom. The second-order valence-electron chi connectivity index (χ2n) is 4.96. The molecule has 0 heterocycles. The van der Waals surface area contributed by atoms with Gasteiger partial charge in [-0.2, -0.15) is 13.2 Å². The topological polar surface area (TPSA) is 23.5 Å². The second kappa shape index (κ2) is 6.40. The molecule has 0 aliphatic carbocycles. The summed E-state index contributed by atoms with van der Waals surface area (Å²) in [7, 11) is 0. The summed E-state index contributed by atoms with van der Waals surface area (Å²) in [4.78, 5) is 1.66. The van der Waals surface area contributed by atoms with Gasteiger partial charge in [0, 0.05) is 34.9 Å². The molecule has 17 heavy (non-hydrogen) atoms. The van der Waals surface area contributed by atoms with Crippen LogP contribution in [0.1, 0.15) is 41.5 Å². The fraction of sp³-hybridized carbons (Fsp3) is 1.00. The molecule has 2 nitrogen and oxygen atoms in total. The molecule has 0 rings (SSSR count). The SMILES string of the molecule is CC(C)N(C(C)C)C(C)C(C)(O)C(F)(F)F.[Co]. The van der Waals surface area contributed by atoms with E-state index < -0.39 is 17.8 Å². The summed E-state index contributed by atoms with van der Waals surface area (Å²) >= 11 is 0. The van der Waals surface area contributed by atoms with Crippen LogP contribution in [-0.4, -0.2) is 39.9 Å². The fourth-order valence-electron chi connectivity index (χ4n) is 2.02. The van der Waals surface area contributed by atoms with Gasteiger partial charge >= 0.3 is 6.18 Å². The Bertz CT molecular complexity index is 221. The van der Waals surface area contributed by atoms with Crippen LogP contribution in [0.25, 0.3) is 0 Å². The smallest absolute Gasteiger partial charge is 0.379 e. The van der Waals surface area contributed by atoms with Crippen molar-refractivity contribution in [2.45, 2.75) is 71.4 Å². The minimum absolute atomic E-state index is 0. The van der Waals surface area contributed by atoms with E-state index in [0.29, 0.717) is 0 Å². The largest absolute Gasteiger partial charge is 0.418 e. The summed E-state index contributed by atoms with van der Waals surface area (Å²) in [6, 6.07) is -1.08.